The molecule has 2 heterocycles. The van der Waals surface area contributed by atoms with Crippen LogP contribution >= 0.6 is 0 Å². The minimum absolute atomic E-state index is 0.266. The van der Waals surface area contributed by atoms with Crippen molar-refractivity contribution in [2.75, 3.05) is 0 Å². The number of rotatable bonds is 3. The number of carboxylic acids is 1. The highest BCUT2D eigenvalue weighted by Gasteiger charge is 2.13. The predicted octanol–water partition coefficient (Wildman–Crippen LogP) is -0.314. The van der Waals surface area contributed by atoms with Gasteiger partial charge in [-0.15, -0.1) is 0 Å². The molecule has 21 heavy (non-hydrogen) atoms. The molecule has 0 aliphatic carbocycles. The molecule has 0 unspecified atom stereocenters. The summed E-state index contributed by atoms with van der Waals surface area (Å²) in [6.45, 7) is 0. The van der Waals surface area contributed by atoms with Crippen molar-refractivity contribution in [2.45, 2.75) is 0 Å². The summed E-state index contributed by atoms with van der Waals surface area (Å²) in [7, 11) is 0. The quantitative estimate of drug-likeness (QED) is 0.566. The van der Waals surface area contributed by atoms with Crippen LogP contribution in [-0.4, -0.2) is 32.1 Å². The molecule has 0 saturated carbocycles. The number of H-pyrrole nitrogens is 2. The number of carboxylic acid groups (broad SMARTS) is 1. The van der Waals surface area contributed by atoms with Crippen molar-refractivity contribution in [1.29, 1.82) is 0 Å². The van der Waals surface area contributed by atoms with Crippen molar-refractivity contribution < 1.29 is 24.5 Å². The van der Waals surface area contributed by atoms with Gasteiger partial charge in [-0.2, -0.15) is 0 Å². The van der Waals surface area contributed by atoms with Crippen LogP contribution in [0.1, 0.15) is 20.7 Å². The van der Waals surface area contributed by atoms with Crippen molar-refractivity contribution in [3.8, 4) is 11.8 Å². The topological polar surface area (TPSA) is 150 Å². The maximum atomic E-state index is 11.8. The monoisotopic (exact) mass is 292 g/mol. The Morgan fingerprint density at radius 2 is 1.57 bits per heavy atom. The lowest BCUT2D eigenvalue weighted by molar-refractivity contribution is 0.0684. The van der Waals surface area contributed by atoms with Crippen molar-refractivity contribution in [1.82, 2.24) is 9.97 Å². The number of nitrogens with one attached hydrogen (secondary N) is 2. The largest absolute Gasteiger partial charge is 0.494 e. The molecule has 2 aromatic heterocycles. The van der Waals surface area contributed by atoms with E-state index >= 15 is 0 Å². The summed E-state index contributed by atoms with van der Waals surface area (Å²) in [5, 5.41) is 18.0. The van der Waals surface area contributed by atoms with Crippen LogP contribution in [0.25, 0.3) is 0 Å². The third-order valence-corrected chi connectivity index (χ3v) is 2.33. The zero-order chi connectivity index (χ0) is 15.6. The maximum absolute atomic E-state index is 11.8. The minimum Gasteiger partial charge on any atom is -0.494 e. The lowest BCUT2D eigenvalue weighted by Gasteiger charge is -2.04. The number of pyridine rings is 2. The van der Waals surface area contributed by atoms with E-state index in [1.807, 2.05) is 4.98 Å². The first kappa shape index (κ1) is 14.1. The molecular formula is C12H8N2O7. The molecule has 9 nitrogen and oxygen atoms in total. The average Bonchev–Trinajstić information content (AvgIpc) is 2.36. The second kappa shape index (κ2) is 5.33. The van der Waals surface area contributed by atoms with Crippen molar-refractivity contribution in [3.63, 3.8) is 0 Å². The van der Waals surface area contributed by atoms with Crippen molar-refractivity contribution in [2.24, 2.45) is 0 Å². The van der Waals surface area contributed by atoms with Crippen LogP contribution < -0.4 is 15.9 Å². The molecule has 0 aliphatic heterocycles. The zero-order valence-corrected chi connectivity index (χ0v) is 10.2. The first-order valence-electron chi connectivity index (χ1n) is 5.48. The Labute approximate surface area is 115 Å². The number of hydrogen-bond donors (Lipinski definition) is 4. The van der Waals surface area contributed by atoms with Gasteiger partial charge in [-0.1, -0.05) is 0 Å². The Balaban J connectivity index is 2.33. The van der Waals surface area contributed by atoms with Gasteiger partial charge in [0.1, 0.15) is 0 Å². The van der Waals surface area contributed by atoms with Crippen LogP contribution in [0.2, 0.25) is 0 Å². The molecule has 0 spiro atoms. The van der Waals surface area contributed by atoms with Crippen LogP contribution in [0.4, 0.5) is 0 Å². The molecule has 2 aromatic rings. The minimum atomic E-state index is -1.37. The van der Waals surface area contributed by atoms with E-state index in [4.69, 9.17) is 9.84 Å². The Hall–Kier alpha value is -3.36. The van der Waals surface area contributed by atoms with Crippen molar-refractivity contribution >= 4 is 11.9 Å². The SMILES string of the molecule is O=C(O)c1cc(OC(=O)c2cc(O)[nH]c(=O)c2)[nH]c(=O)c1. The fourth-order valence-electron chi connectivity index (χ4n) is 1.50. The Bertz CT molecular complexity index is 834. The molecule has 2 rings (SSSR count). The summed E-state index contributed by atoms with van der Waals surface area (Å²) >= 11 is 0. The van der Waals surface area contributed by atoms with Crippen LogP contribution in [0.15, 0.2) is 33.9 Å². The van der Waals surface area contributed by atoms with E-state index < -0.39 is 34.8 Å². The molecule has 0 fully saturated rings. The number of carbonyl (C=O) groups excluding carboxylic acids is 1. The second-order valence-electron chi connectivity index (χ2n) is 3.91. The highest BCUT2D eigenvalue weighted by atomic mass is 16.5. The fraction of sp³-hybridized carbons (Fsp3) is 0. The highest BCUT2D eigenvalue weighted by molar-refractivity contribution is 5.91. The lowest BCUT2D eigenvalue weighted by atomic mass is 10.2. The van der Waals surface area contributed by atoms with Gasteiger partial charge >= 0.3 is 11.9 Å². The van der Waals surface area contributed by atoms with E-state index in [1.54, 1.807) is 0 Å². The van der Waals surface area contributed by atoms with Crippen LogP contribution in [-0.2, 0) is 0 Å². The van der Waals surface area contributed by atoms with Gasteiger partial charge < -0.3 is 14.9 Å². The Kier molecular flexibility index (Phi) is 3.57. The van der Waals surface area contributed by atoms with Crippen LogP contribution in [0.3, 0.4) is 0 Å². The number of esters is 1. The van der Waals surface area contributed by atoms with Gasteiger partial charge in [0.15, 0.2) is 5.88 Å². The van der Waals surface area contributed by atoms with E-state index in [0.717, 1.165) is 24.3 Å². The first-order chi connectivity index (χ1) is 9.85. The summed E-state index contributed by atoms with van der Waals surface area (Å²) < 4.78 is 4.76. The van der Waals surface area contributed by atoms with E-state index in [2.05, 4.69) is 4.98 Å². The lowest BCUT2D eigenvalue weighted by Crippen LogP contribution is -2.17. The second-order valence-corrected chi connectivity index (χ2v) is 3.91. The molecule has 0 saturated heterocycles. The number of aromatic carboxylic acids is 1. The molecule has 0 aliphatic rings. The normalized spacial score (nSPS) is 10.1. The summed E-state index contributed by atoms with van der Waals surface area (Å²) in [6.07, 6.45) is 0. The van der Waals surface area contributed by atoms with Gasteiger partial charge in [-0.3, -0.25) is 19.6 Å². The Morgan fingerprint density at radius 3 is 2.19 bits per heavy atom. The third-order valence-electron chi connectivity index (χ3n) is 2.33. The number of aromatic nitrogens is 2. The number of aromatic amines is 2. The van der Waals surface area contributed by atoms with Gasteiger partial charge in [-0.05, 0) is 0 Å². The number of ether oxygens (including phenoxy) is 1. The van der Waals surface area contributed by atoms with E-state index in [1.165, 1.54) is 0 Å². The molecular weight excluding hydrogens is 284 g/mol. The summed E-state index contributed by atoms with van der Waals surface area (Å²) in [5.74, 6) is -3.35. The molecule has 0 bridgehead atoms. The van der Waals surface area contributed by atoms with E-state index in [-0.39, 0.29) is 11.1 Å². The molecule has 0 aromatic carbocycles. The number of carbonyl (C=O) groups is 2. The van der Waals surface area contributed by atoms with E-state index in [0.29, 0.717) is 0 Å². The van der Waals surface area contributed by atoms with E-state index in [9.17, 15) is 24.3 Å². The van der Waals surface area contributed by atoms with Crippen LogP contribution in [0.5, 0.6) is 11.8 Å². The number of aromatic hydroxyl groups is 1. The standard InChI is InChI=1S/C12H8N2O7/c15-7-2-6(3-8(16)13-7)12(20)21-10-4-5(11(18)19)1-9(17)14-10/h1-4H,(H,14,17)(H,18,19)(H2,13,15,16). The fourth-order valence-corrected chi connectivity index (χ4v) is 1.50. The summed E-state index contributed by atoms with van der Waals surface area (Å²) in [5.41, 5.74) is -2.13. The molecule has 9 heteroatoms. The molecule has 4 N–H and O–H groups in total. The maximum Gasteiger partial charge on any atom is 0.345 e. The van der Waals surface area contributed by atoms with Gasteiger partial charge in [0.25, 0.3) is 11.1 Å². The summed E-state index contributed by atoms with van der Waals surface area (Å²) in [6, 6.07) is 3.58. The molecule has 108 valence electrons. The zero-order valence-electron chi connectivity index (χ0n) is 10.2. The molecule has 0 amide bonds. The summed E-state index contributed by atoms with van der Waals surface area (Å²) in [4.78, 5) is 49.0. The highest BCUT2D eigenvalue weighted by Crippen LogP contribution is 2.11. The van der Waals surface area contributed by atoms with Gasteiger partial charge in [0.2, 0.25) is 5.88 Å². The molecule has 0 atom stereocenters. The molecule has 0 radical (unpaired) electrons. The predicted molar refractivity (Wildman–Crippen MR) is 67.7 cm³/mol. The van der Waals surface area contributed by atoms with Gasteiger partial charge in [0, 0.05) is 24.3 Å². The van der Waals surface area contributed by atoms with Gasteiger partial charge in [0.05, 0.1) is 11.1 Å². The third kappa shape index (κ3) is 3.35. The first-order valence-corrected chi connectivity index (χ1v) is 5.48. The van der Waals surface area contributed by atoms with Gasteiger partial charge in [-0.25, -0.2) is 9.59 Å². The Morgan fingerprint density at radius 1 is 0.952 bits per heavy atom. The number of hydrogen-bond acceptors (Lipinski definition) is 6. The van der Waals surface area contributed by atoms with Crippen molar-refractivity contribution in [3.05, 3.63) is 56.1 Å². The average molecular weight is 292 g/mol. The smallest absolute Gasteiger partial charge is 0.345 e. The van der Waals surface area contributed by atoms with Crippen LogP contribution in [0, 0.1) is 0 Å².